The van der Waals surface area contributed by atoms with Crippen LogP contribution in [-0.2, 0) is 6.54 Å². The maximum absolute atomic E-state index is 12.4. The van der Waals surface area contributed by atoms with E-state index >= 15 is 0 Å². The van der Waals surface area contributed by atoms with Crippen molar-refractivity contribution in [1.29, 1.82) is 5.26 Å². The van der Waals surface area contributed by atoms with E-state index in [0.29, 0.717) is 18.7 Å². The van der Waals surface area contributed by atoms with Gasteiger partial charge in [-0.3, -0.25) is 0 Å². The van der Waals surface area contributed by atoms with Gasteiger partial charge < -0.3 is 15.0 Å². The maximum Gasteiger partial charge on any atom is 0.317 e. The second-order valence-corrected chi connectivity index (χ2v) is 5.84. The minimum Gasteiger partial charge on any atom is -0.494 e. The minimum absolute atomic E-state index is 0.128. The highest BCUT2D eigenvalue weighted by molar-refractivity contribution is 5.74. The second-order valence-electron chi connectivity index (χ2n) is 5.84. The van der Waals surface area contributed by atoms with E-state index in [1.54, 1.807) is 24.1 Å². The van der Waals surface area contributed by atoms with Crippen molar-refractivity contribution in [2.24, 2.45) is 0 Å². The molecule has 2 aromatic rings. The molecule has 0 unspecified atom stereocenters. The number of nitriles is 1. The Hall–Kier alpha value is -3.00. The monoisotopic (exact) mass is 337 g/mol. The Bertz CT molecular complexity index is 750. The van der Waals surface area contributed by atoms with E-state index in [2.05, 4.69) is 11.4 Å². The van der Waals surface area contributed by atoms with Crippen molar-refractivity contribution in [3.8, 4) is 11.8 Å². The van der Waals surface area contributed by atoms with Crippen LogP contribution < -0.4 is 10.1 Å². The van der Waals surface area contributed by atoms with Crippen molar-refractivity contribution in [1.82, 2.24) is 10.2 Å². The number of hydrogen-bond acceptors (Lipinski definition) is 3. The summed E-state index contributed by atoms with van der Waals surface area (Å²) in [5.41, 5.74) is 2.58. The zero-order valence-corrected chi connectivity index (χ0v) is 14.8. The molecule has 0 aliphatic heterocycles. The molecule has 2 rings (SSSR count). The number of nitrogens with zero attached hydrogens (tertiary/aromatic N) is 2. The third-order valence-electron chi connectivity index (χ3n) is 3.86. The number of benzene rings is 2. The summed E-state index contributed by atoms with van der Waals surface area (Å²) in [6, 6.07) is 16.8. The van der Waals surface area contributed by atoms with E-state index in [9.17, 15) is 4.79 Å². The van der Waals surface area contributed by atoms with Gasteiger partial charge in [0.2, 0.25) is 0 Å². The summed E-state index contributed by atoms with van der Waals surface area (Å²) < 4.78 is 5.50. The lowest BCUT2D eigenvalue weighted by atomic mass is 10.1. The first kappa shape index (κ1) is 18.3. The molecule has 0 radical (unpaired) electrons. The first-order valence-electron chi connectivity index (χ1n) is 8.27. The number of ether oxygens (including phenoxy) is 1. The number of carbonyl (C=O) groups is 1. The molecule has 0 saturated heterocycles. The van der Waals surface area contributed by atoms with Crippen LogP contribution >= 0.6 is 0 Å². The Kier molecular flexibility index (Phi) is 6.41. The summed E-state index contributed by atoms with van der Waals surface area (Å²) in [5, 5.41) is 11.8. The molecule has 0 spiro atoms. The molecule has 130 valence electrons. The van der Waals surface area contributed by atoms with Crippen LogP contribution in [0, 0.1) is 11.3 Å². The smallest absolute Gasteiger partial charge is 0.317 e. The van der Waals surface area contributed by atoms with Crippen LogP contribution in [0.1, 0.15) is 36.6 Å². The van der Waals surface area contributed by atoms with Gasteiger partial charge >= 0.3 is 6.03 Å². The van der Waals surface area contributed by atoms with Gasteiger partial charge in [0.25, 0.3) is 0 Å². The van der Waals surface area contributed by atoms with Crippen molar-refractivity contribution in [3.63, 3.8) is 0 Å². The summed E-state index contributed by atoms with van der Waals surface area (Å²) in [6.45, 7) is 4.97. The molecular weight excluding hydrogens is 314 g/mol. The lowest BCUT2D eigenvalue weighted by Crippen LogP contribution is -2.38. The van der Waals surface area contributed by atoms with Crippen LogP contribution in [0.2, 0.25) is 0 Å². The summed E-state index contributed by atoms with van der Waals surface area (Å²) in [5.74, 6) is 0.798. The standard InChI is InChI=1S/C20H23N3O2/c1-4-25-19-7-5-6-18(12-19)15(2)22-20(24)23(3)14-17-10-8-16(13-21)9-11-17/h5-12,15H,4,14H2,1-3H3,(H,22,24)/t15-/m1/s1. The van der Waals surface area contributed by atoms with Gasteiger partial charge in [0.05, 0.1) is 24.3 Å². The third kappa shape index (κ3) is 5.25. The Morgan fingerprint density at radius 3 is 2.64 bits per heavy atom. The molecule has 0 bridgehead atoms. The number of urea groups is 1. The third-order valence-corrected chi connectivity index (χ3v) is 3.86. The number of hydrogen-bond donors (Lipinski definition) is 1. The van der Waals surface area contributed by atoms with Crippen LogP contribution in [0.5, 0.6) is 5.75 Å². The Morgan fingerprint density at radius 1 is 1.28 bits per heavy atom. The van der Waals surface area contributed by atoms with Gasteiger partial charge in [-0.05, 0) is 49.2 Å². The van der Waals surface area contributed by atoms with Gasteiger partial charge in [-0.1, -0.05) is 24.3 Å². The maximum atomic E-state index is 12.4. The highest BCUT2D eigenvalue weighted by atomic mass is 16.5. The Balaban J connectivity index is 1.95. The van der Waals surface area contributed by atoms with Crippen LogP contribution in [0.4, 0.5) is 4.79 Å². The van der Waals surface area contributed by atoms with Gasteiger partial charge in [-0.25, -0.2) is 4.79 Å². The number of carbonyl (C=O) groups excluding carboxylic acids is 1. The van der Waals surface area contributed by atoms with Crippen molar-refractivity contribution in [2.45, 2.75) is 26.4 Å². The molecule has 1 atom stereocenters. The number of rotatable bonds is 6. The van der Waals surface area contributed by atoms with Crippen molar-refractivity contribution in [3.05, 3.63) is 65.2 Å². The van der Waals surface area contributed by atoms with Crippen LogP contribution in [0.3, 0.4) is 0 Å². The van der Waals surface area contributed by atoms with E-state index in [-0.39, 0.29) is 12.1 Å². The summed E-state index contributed by atoms with van der Waals surface area (Å²) >= 11 is 0. The van der Waals surface area contributed by atoms with E-state index in [4.69, 9.17) is 10.00 Å². The molecule has 0 aliphatic rings. The SMILES string of the molecule is CCOc1cccc([C@@H](C)NC(=O)N(C)Cc2ccc(C#N)cc2)c1. The van der Waals surface area contributed by atoms with Crippen LogP contribution in [0.25, 0.3) is 0 Å². The van der Waals surface area contributed by atoms with E-state index in [1.807, 2.05) is 50.2 Å². The summed E-state index contributed by atoms with van der Waals surface area (Å²) in [4.78, 5) is 14.0. The molecular formula is C20H23N3O2. The first-order valence-corrected chi connectivity index (χ1v) is 8.27. The zero-order chi connectivity index (χ0) is 18.2. The molecule has 0 saturated carbocycles. The Morgan fingerprint density at radius 2 is 2.00 bits per heavy atom. The quantitative estimate of drug-likeness (QED) is 0.870. The van der Waals surface area contributed by atoms with E-state index in [0.717, 1.165) is 16.9 Å². The van der Waals surface area contributed by atoms with E-state index in [1.165, 1.54) is 0 Å². The van der Waals surface area contributed by atoms with Crippen LogP contribution in [0.15, 0.2) is 48.5 Å². The molecule has 0 fully saturated rings. The highest BCUT2D eigenvalue weighted by Gasteiger charge is 2.14. The summed E-state index contributed by atoms with van der Waals surface area (Å²) in [7, 11) is 1.75. The topological polar surface area (TPSA) is 65.4 Å². The van der Waals surface area contributed by atoms with Crippen LogP contribution in [-0.4, -0.2) is 24.6 Å². The van der Waals surface area contributed by atoms with Gasteiger partial charge in [-0.15, -0.1) is 0 Å². The van der Waals surface area contributed by atoms with E-state index < -0.39 is 0 Å². The van der Waals surface area contributed by atoms with Gasteiger partial charge in [0, 0.05) is 13.6 Å². The largest absolute Gasteiger partial charge is 0.494 e. The predicted molar refractivity (Wildman–Crippen MR) is 97.2 cm³/mol. The molecule has 2 amide bonds. The molecule has 5 heteroatoms. The van der Waals surface area contributed by atoms with Gasteiger partial charge in [0.15, 0.2) is 0 Å². The minimum atomic E-state index is -0.154. The highest BCUT2D eigenvalue weighted by Crippen LogP contribution is 2.19. The van der Waals surface area contributed by atoms with Crippen molar-refractivity contribution >= 4 is 6.03 Å². The lowest BCUT2D eigenvalue weighted by molar-refractivity contribution is 0.203. The fourth-order valence-electron chi connectivity index (χ4n) is 2.45. The molecule has 1 N–H and O–H groups in total. The Labute approximate surface area is 148 Å². The normalized spacial score (nSPS) is 11.3. The number of amides is 2. The molecule has 25 heavy (non-hydrogen) atoms. The first-order chi connectivity index (χ1) is 12.0. The average molecular weight is 337 g/mol. The molecule has 0 heterocycles. The fourth-order valence-corrected chi connectivity index (χ4v) is 2.45. The molecule has 2 aromatic carbocycles. The number of nitrogens with one attached hydrogen (secondary N) is 1. The lowest BCUT2D eigenvalue weighted by Gasteiger charge is -2.22. The van der Waals surface area contributed by atoms with Gasteiger partial charge in [-0.2, -0.15) is 5.26 Å². The van der Waals surface area contributed by atoms with Crippen molar-refractivity contribution < 1.29 is 9.53 Å². The summed E-state index contributed by atoms with van der Waals surface area (Å²) in [6.07, 6.45) is 0. The van der Waals surface area contributed by atoms with Gasteiger partial charge in [0.1, 0.15) is 5.75 Å². The second kappa shape index (κ2) is 8.74. The zero-order valence-electron chi connectivity index (χ0n) is 14.8. The molecule has 0 aliphatic carbocycles. The molecule has 0 aromatic heterocycles. The molecule has 5 nitrogen and oxygen atoms in total. The predicted octanol–water partition coefficient (Wildman–Crippen LogP) is 3.86. The average Bonchev–Trinajstić information content (AvgIpc) is 2.62. The fraction of sp³-hybridized carbons (Fsp3) is 0.300. The van der Waals surface area contributed by atoms with Crippen molar-refractivity contribution in [2.75, 3.05) is 13.7 Å².